The molecule has 0 aromatic heterocycles. The van der Waals surface area contributed by atoms with Gasteiger partial charge in [-0.15, -0.1) is 0 Å². The minimum absolute atomic E-state index is 0.0226. The fourth-order valence-electron chi connectivity index (χ4n) is 5.26. The van der Waals surface area contributed by atoms with Gasteiger partial charge in [-0.1, -0.05) is 66.7 Å². The molecule has 45 heavy (non-hydrogen) atoms. The molecular formula is C34H31F5N2O4. The van der Waals surface area contributed by atoms with E-state index >= 15 is 0 Å². The van der Waals surface area contributed by atoms with Crippen LogP contribution in [0.2, 0.25) is 0 Å². The second kappa shape index (κ2) is 13.9. The number of anilines is 1. The average molecular weight is 627 g/mol. The highest BCUT2D eigenvalue weighted by atomic mass is 19.2. The fourth-order valence-corrected chi connectivity index (χ4v) is 5.26. The molecule has 6 nitrogen and oxygen atoms in total. The summed E-state index contributed by atoms with van der Waals surface area (Å²) in [6.07, 6.45) is -1.14. The first kappa shape index (κ1) is 32.2. The van der Waals surface area contributed by atoms with Crippen LogP contribution in [0.3, 0.4) is 0 Å². The van der Waals surface area contributed by atoms with E-state index in [4.69, 9.17) is 9.47 Å². The highest BCUT2D eigenvalue weighted by Gasteiger charge is 2.34. The van der Waals surface area contributed by atoms with Crippen LogP contribution in [0.5, 0.6) is 0 Å². The van der Waals surface area contributed by atoms with E-state index in [0.29, 0.717) is 18.5 Å². The lowest BCUT2D eigenvalue weighted by atomic mass is 9.99. The van der Waals surface area contributed by atoms with E-state index in [1.54, 1.807) is 18.2 Å². The Bertz CT molecular complexity index is 1630. The third-order valence-corrected chi connectivity index (χ3v) is 7.90. The molecule has 4 atom stereocenters. The molecule has 5 rings (SSSR count). The van der Waals surface area contributed by atoms with Crippen LogP contribution in [0, 0.1) is 29.1 Å². The zero-order chi connectivity index (χ0) is 32.2. The smallest absolute Gasteiger partial charge is 0.261 e. The quantitative estimate of drug-likeness (QED) is 0.115. The van der Waals surface area contributed by atoms with Crippen molar-refractivity contribution < 1.29 is 41.3 Å². The number of nitrogens with one attached hydrogen (secondary N) is 1. The number of halogens is 5. The van der Waals surface area contributed by atoms with Crippen LogP contribution < -0.4 is 5.32 Å². The number of hydrogen-bond donors (Lipinski definition) is 2. The number of amides is 1. The molecule has 1 amide bonds. The molecule has 4 unspecified atom stereocenters. The molecule has 236 valence electrons. The Morgan fingerprint density at radius 2 is 1.51 bits per heavy atom. The molecule has 2 N–H and O–H groups in total. The van der Waals surface area contributed by atoms with Crippen molar-refractivity contribution in [2.24, 2.45) is 0 Å². The Morgan fingerprint density at radius 3 is 2.16 bits per heavy atom. The first-order chi connectivity index (χ1) is 21.6. The van der Waals surface area contributed by atoms with Gasteiger partial charge < -0.3 is 19.9 Å². The largest absolute Gasteiger partial charge is 0.392 e. The molecule has 0 aliphatic carbocycles. The van der Waals surface area contributed by atoms with Crippen molar-refractivity contribution in [3.63, 3.8) is 0 Å². The maximum absolute atomic E-state index is 14.3. The molecule has 1 heterocycles. The van der Waals surface area contributed by atoms with Gasteiger partial charge in [-0.05, 0) is 42.8 Å². The molecule has 0 radical (unpaired) electrons. The maximum atomic E-state index is 14.3. The van der Waals surface area contributed by atoms with Crippen molar-refractivity contribution in [1.29, 1.82) is 0 Å². The number of nitrogens with zero attached hydrogens (tertiary/aromatic N) is 1. The third-order valence-electron chi connectivity index (χ3n) is 7.90. The van der Waals surface area contributed by atoms with Crippen LogP contribution >= 0.6 is 0 Å². The van der Waals surface area contributed by atoms with Crippen LogP contribution in [0.1, 0.15) is 64.4 Å². The van der Waals surface area contributed by atoms with Crippen LogP contribution in [-0.2, 0) is 16.1 Å². The van der Waals surface area contributed by atoms with Crippen molar-refractivity contribution in [1.82, 2.24) is 4.90 Å². The summed E-state index contributed by atoms with van der Waals surface area (Å²) in [5.74, 6) is -12.8. The zero-order valence-corrected chi connectivity index (χ0v) is 24.4. The van der Waals surface area contributed by atoms with Crippen molar-refractivity contribution in [2.45, 2.75) is 44.5 Å². The van der Waals surface area contributed by atoms with E-state index in [2.05, 4.69) is 17.1 Å². The predicted molar refractivity (Wildman–Crippen MR) is 157 cm³/mol. The highest BCUT2D eigenvalue weighted by Crippen LogP contribution is 2.39. The Morgan fingerprint density at radius 1 is 0.867 bits per heavy atom. The number of carbonyl (C=O) groups is 1. The number of carbonyl (C=O) groups excluding carboxylic acids is 1. The number of aliphatic hydroxyl groups excluding tert-OH is 1. The number of likely N-dealkylation sites (N-methyl/N-ethyl adjacent to an activating group) is 1. The lowest BCUT2D eigenvalue weighted by Crippen LogP contribution is -2.38. The summed E-state index contributed by atoms with van der Waals surface area (Å²) >= 11 is 0. The van der Waals surface area contributed by atoms with Gasteiger partial charge in [0.25, 0.3) is 5.91 Å². The number of ether oxygens (including phenoxy) is 2. The Hall–Kier alpha value is -4.16. The van der Waals surface area contributed by atoms with Crippen LogP contribution in [0.4, 0.5) is 27.6 Å². The van der Waals surface area contributed by atoms with Gasteiger partial charge >= 0.3 is 0 Å². The summed E-state index contributed by atoms with van der Waals surface area (Å²) in [5, 5.41) is 11.7. The third kappa shape index (κ3) is 7.07. The van der Waals surface area contributed by atoms with Crippen molar-refractivity contribution in [2.75, 3.05) is 18.9 Å². The second-order valence-electron chi connectivity index (χ2n) is 10.9. The lowest BCUT2D eigenvalue weighted by Gasteiger charge is -2.39. The van der Waals surface area contributed by atoms with E-state index in [9.17, 15) is 31.9 Å². The van der Waals surface area contributed by atoms with Gasteiger partial charge in [0.1, 0.15) is 5.56 Å². The summed E-state index contributed by atoms with van der Waals surface area (Å²) in [4.78, 5) is 14.8. The van der Waals surface area contributed by atoms with Crippen molar-refractivity contribution >= 4 is 11.6 Å². The minimum atomic E-state index is -2.35. The van der Waals surface area contributed by atoms with Crippen LogP contribution in [0.15, 0.2) is 78.9 Å². The fraction of sp³-hybridized carbons (Fsp3) is 0.265. The van der Waals surface area contributed by atoms with Gasteiger partial charge in [-0.3, -0.25) is 9.69 Å². The predicted octanol–water partition coefficient (Wildman–Crippen LogP) is 7.37. The van der Waals surface area contributed by atoms with Gasteiger partial charge in [0.2, 0.25) is 5.82 Å². The molecule has 0 bridgehead atoms. The van der Waals surface area contributed by atoms with Gasteiger partial charge in [-0.2, -0.15) is 0 Å². The average Bonchev–Trinajstić information content (AvgIpc) is 3.06. The van der Waals surface area contributed by atoms with E-state index in [1.807, 2.05) is 49.5 Å². The minimum Gasteiger partial charge on any atom is -0.392 e. The SMILES string of the molecule is CC(c1ccccc1)N(C)CC1CC(c2ccc(CO)cc2)OC(c2cccc(NC(=O)c3c(F)c(F)c(F)c(F)c3F)c2)O1. The summed E-state index contributed by atoms with van der Waals surface area (Å²) in [5.41, 5.74) is 1.62. The van der Waals surface area contributed by atoms with Crippen molar-refractivity contribution in [3.05, 3.63) is 136 Å². The number of hydrogen-bond acceptors (Lipinski definition) is 5. The maximum Gasteiger partial charge on any atom is 0.261 e. The molecule has 4 aromatic carbocycles. The molecule has 1 aliphatic heterocycles. The molecule has 1 aliphatic rings. The van der Waals surface area contributed by atoms with Gasteiger partial charge in [-0.25, -0.2) is 22.0 Å². The van der Waals surface area contributed by atoms with Crippen LogP contribution in [-0.4, -0.2) is 35.6 Å². The number of benzene rings is 4. The number of aliphatic hydroxyl groups is 1. The Balaban J connectivity index is 1.39. The van der Waals surface area contributed by atoms with Crippen LogP contribution in [0.25, 0.3) is 0 Å². The lowest BCUT2D eigenvalue weighted by molar-refractivity contribution is -0.253. The second-order valence-corrected chi connectivity index (χ2v) is 10.9. The number of rotatable bonds is 9. The van der Waals surface area contributed by atoms with Gasteiger partial charge in [0.15, 0.2) is 29.6 Å². The highest BCUT2D eigenvalue weighted by molar-refractivity contribution is 6.04. The van der Waals surface area contributed by atoms with Gasteiger partial charge in [0, 0.05) is 30.3 Å². The Labute approximate surface area is 257 Å². The molecule has 11 heteroatoms. The summed E-state index contributed by atoms with van der Waals surface area (Å²) in [6, 6.07) is 23.5. The van der Waals surface area contributed by atoms with E-state index in [-0.39, 0.29) is 24.4 Å². The Kier molecular flexibility index (Phi) is 9.93. The standard InChI is InChI=1S/C34H31F5N2O4/c1-19(21-7-4-3-5-8-21)41(2)17-25-16-26(22-13-11-20(18-42)12-14-22)45-34(44-25)23-9-6-10-24(15-23)40-33(43)27-28(35)30(37)32(39)31(38)29(27)36/h3-15,19,25-26,34,42H,16-18H2,1-2H3,(H,40,43). The first-order valence-electron chi connectivity index (χ1n) is 14.3. The summed E-state index contributed by atoms with van der Waals surface area (Å²) < 4.78 is 82.1. The van der Waals surface area contributed by atoms with E-state index in [0.717, 1.165) is 16.7 Å². The topological polar surface area (TPSA) is 71.0 Å². The summed E-state index contributed by atoms with van der Waals surface area (Å²) in [6.45, 7) is 2.53. The van der Waals surface area contributed by atoms with Crippen molar-refractivity contribution in [3.8, 4) is 0 Å². The first-order valence-corrected chi connectivity index (χ1v) is 14.3. The molecule has 4 aromatic rings. The molecule has 1 fully saturated rings. The van der Waals surface area contributed by atoms with Gasteiger partial charge in [0.05, 0.1) is 18.8 Å². The normalized spacial score (nSPS) is 19.0. The monoisotopic (exact) mass is 626 g/mol. The van der Waals surface area contributed by atoms with E-state index < -0.39 is 53.0 Å². The van der Waals surface area contributed by atoms with E-state index in [1.165, 1.54) is 18.2 Å². The zero-order valence-electron chi connectivity index (χ0n) is 24.4. The molecule has 0 saturated carbocycles. The summed E-state index contributed by atoms with van der Waals surface area (Å²) in [7, 11) is 1.99. The molecule has 1 saturated heterocycles. The molecule has 0 spiro atoms. The molecular weight excluding hydrogens is 595 g/mol.